The molecule has 0 saturated carbocycles. The molecular formula is C8H11N5O4. The van der Waals surface area contributed by atoms with Crippen molar-refractivity contribution in [2.24, 2.45) is 5.73 Å². The van der Waals surface area contributed by atoms with Gasteiger partial charge in [0.1, 0.15) is 6.04 Å². The van der Waals surface area contributed by atoms with Gasteiger partial charge in [-0.15, -0.1) is 20.4 Å². The van der Waals surface area contributed by atoms with Crippen LogP contribution in [0.3, 0.4) is 0 Å². The summed E-state index contributed by atoms with van der Waals surface area (Å²) in [5, 5.41) is 31.5. The van der Waals surface area contributed by atoms with E-state index < -0.39 is 18.0 Å². The Bertz CT molecular complexity index is 407. The van der Waals surface area contributed by atoms with Crippen molar-refractivity contribution < 1.29 is 19.8 Å². The second-order valence-electron chi connectivity index (χ2n) is 3.28. The fourth-order valence-corrected chi connectivity index (χ4v) is 0.955. The van der Waals surface area contributed by atoms with Crippen LogP contribution in [0.4, 0.5) is 0 Å². The zero-order valence-corrected chi connectivity index (χ0v) is 8.78. The second-order valence-corrected chi connectivity index (χ2v) is 3.28. The zero-order chi connectivity index (χ0) is 12.8. The number of carboxylic acid groups (broad SMARTS) is 2. The molecule has 9 nitrogen and oxygen atoms in total. The van der Waals surface area contributed by atoms with Crippen LogP contribution in [0.5, 0.6) is 0 Å². The maximum atomic E-state index is 10.5. The number of nitrogens with zero attached hydrogens (tertiary/aromatic N) is 4. The van der Waals surface area contributed by atoms with Crippen molar-refractivity contribution in [3.8, 4) is 0 Å². The number of carboxylic acids is 2. The van der Waals surface area contributed by atoms with Gasteiger partial charge >= 0.3 is 11.9 Å². The molecule has 0 amide bonds. The Morgan fingerprint density at radius 3 is 2.12 bits per heavy atom. The van der Waals surface area contributed by atoms with Crippen LogP contribution in [-0.4, -0.2) is 48.6 Å². The van der Waals surface area contributed by atoms with Gasteiger partial charge in [0.15, 0.2) is 11.6 Å². The van der Waals surface area contributed by atoms with E-state index in [2.05, 4.69) is 20.4 Å². The smallest absolute Gasteiger partial charge is 0.320 e. The van der Waals surface area contributed by atoms with Gasteiger partial charge in [-0.1, -0.05) is 0 Å². The van der Waals surface area contributed by atoms with Crippen molar-refractivity contribution in [3.63, 3.8) is 0 Å². The van der Waals surface area contributed by atoms with Gasteiger partial charge < -0.3 is 15.9 Å². The third kappa shape index (κ3) is 4.47. The Morgan fingerprint density at radius 1 is 1.12 bits per heavy atom. The highest BCUT2D eigenvalue weighted by molar-refractivity contribution is 5.73. The molecule has 0 aliphatic carbocycles. The molecule has 0 bridgehead atoms. The largest absolute Gasteiger partial charge is 0.481 e. The van der Waals surface area contributed by atoms with E-state index in [-0.39, 0.29) is 30.9 Å². The lowest BCUT2D eigenvalue weighted by Gasteiger charge is -2.03. The number of carbonyl (C=O) groups is 2. The molecule has 0 fully saturated rings. The Labute approximate surface area is 95.7 Å². The third-order valence-electron chi connectivity index (χ3n) is 1.84. The van der Waals surface area contributed by atoms with Crippen LogP contribution in [0.15, 0.2) is 0 Å². The summed E-state index contributed by atoms with van der Waals surface area (Å²) in [5.41, 5.74) is 5.27. The summed E-state index contributed by atoms with van der Waals surface area (Å²) in [6.45, 7) is 0. The first-order valence-electron chi connectivity index (χ1n) is 4.74. The molecule has 9 heteroatoms. The minimum atomic E-state index is -1.16. The third-order valence-corrected chi connectivity index (χ3v) is 1.84. The monoisotopic (exact) mass is 241 g/mol. The standard InChI is InChI=1S/C8H11N5O4/c9-4(8(16)17)3-6-12-10-5(11-13-6)1-2-7(14)15/h4H,1-3,9H2,(H,14,15)(H,16,17). The topological polar surface area (TPSA) is 152 Å². The van der Waals surface area contributed by atoms with Crippen LogP contribution < -0.4 is 5.73 Å². The molecule has 1 aromatic heterocycles. The fourth-order valence-electron chi connectivity index (χ4n) is 0.955. The summed E-state index contributed by atoms with van der Waals surface area (Å²) in [4.78, 5) is 20.7. The van der Waals surface area contributed by atoms with E-state index in [0.29, 0.717) is 0 Å². The first-order valence-corrected chi connectivity index (χ1v) is 4.74. The fraction of sp³-hybridized carbons (Fsp3) is 0.500. The molecule has 1 aromatic rings. The van der Waals surface area contributed by atoms with Gasteiger partial charge in [0.25, 0.3) is 0 Å². The van der Waals surface area contributed by atoms with Crippen molar-refractivity contribution in [1.82, 2.24) is 20.4 Å². The lowest BCUT2D eigenvalue weighted by Crippen LogP contribution is -2.33. The summed E-state index contributed by atoms with van der Waals surface area (Å²) in [6, 6.07) is -1.11. The quantitative estimate of drug-likeness (QED) is 0.525. The van der Waals surface area contributed by atoms with Crippen molar-refractivity contribution >= 4 is 11.9 Å². The number of hydrogen-bond donors (Lipinski definition) is 3. The second kappa shape index (κ2) is 5.80. The summed E-state index contributed by atoms with van der Waals surface area (Å²) in [7, 11) is 0. The molecule has 0 aliphatic rings. The van der Waals surface area contributed by atoms with Gasteiger partial charge in [0.2, 0.25) is 0 Å². The lowest BCUT2D eigenvalue weighted by atomic mass is 10.2. The minimum absolute atomic E-state index is 0.0749. The zero-order valence-electron chi connectivity index (χ0n) is 8.78. The van der Waals surface area contributed by atoms with E-state index >= 15 is 0 Å². The Morgan fingerprint density at radius 2 is 1.65 bits per heavy atom. The van der Waals surface area contributed by atoms with Crippen LogP contribution in [0.2, 0.25) is 0 Å². The molecule has 4 N–H and O–H groups in total. The van der Waals surface area contributed by atoms with E-state index in [9.17, 15) is 9.59 Å². The molecule has 17 heavy (non-hydrogen) atoms. The normalized spacial score (nSPS) is 12.1. The van der Waals surface area contributed by atoms with Gasteiger partial charge in [0.05, 0.1) is 6.42 Å². The van der Waals surface area contributed by atoms with Crippen molar-refractivity contribution in [1.29, 1.82) is 0 Å². The number of aromatic nitrogens is 4. The molecule has 0 aromatic carbocycles. The minimum Gasteiger partial charge on any atom is -0.481 e. The van der Waals surface area contributed by atoms with Gasteiger partial charge in [-0.25, -0.2) is 0 Å². The van der Waals surface area contributed by atoms with E-state index in [1.54, 1.807) is 0 Å². The molecular weight excluding hydrogens is 230 g/mol. The Balaban J connectivity index is 2.55. The van der Waals surface area contributed by atoms with Gasteiger partial charge in [0, 0.05) is 12.8 Å². The van der Waals surface area contributed by atoms with Crippen molar-refractivity contribution in [2.75, 3.05) is 0 Å². The molecule has 0 spiro atoms. The molecule has 0 saturated heterocycles. The summed E-state index contributed by atoms with van der Waals surface area (Å²) >= 11 is 0. The van der Waals surface area contributed by atoms with Crippen LogP contribution in [-0.2, 0) is 22.4 Å². The average Bonchev–Trinajstić information content (AvgIpc) is 2.28. The van der Waals surface area contributed by atoms with E-state index in [0.717, 1.165) is 0 Å². The van der Waals surface area contributed by atoms with Gasteiger partial charge in [-0.3, -0.25) is 9.59 Å². The van der Waals surface area contributed by atoms with Crippen molar-refractivity contribution in [3.05, 3.63) is 11.6 Å². The number of nitrogens with two attached hydrogens (primary N) is 1. The number of rotatable bonds is 6. The molecule has 1 unspecified atom stereocenters. The predicted octanol–water partition coefficient (Wildman–Crippen LogP) is -1.76. The van der Waals surface area contributed by atoms with Crippen molar-refractivity contribution in [2.45, 2.75) is 25.3 Å². The highest BCUT2D eigenvalue weighted by Gasteiger charge is 2.14. The Hall–Kier alpha value is -2.16. The number of aryl methyl sites for hydroxylation is 1. The Kier molecular flexibility index (Phi) is 4.40. The first-order chi connectivity index (χ1) is 7.99. The lowest BCUT2D eigenvalue weighted by molar-refractivity contribution is -0.139. The van der Waals surface area contributed by atoms with Gasteiger partial charge in [-0.2, -0.15) is 0 Å². The molecule has 92 valence electrons. The van der Waals surface area contributed by atoms with E-state index in [1.165, 1.54) is 0 Å². The maximum absolute atomic E-state index is 10.5. The van der Waals surface area contributed by atoms with Crippen LogP contribution in [0.1, 0.15) is 18.1 Å². The van der Waals surface area contributed by atoms with E-state index in [4.69, 9.17) is 15.9 Å². The molecule has 1 atom stereocenters. The summed E-state index contributed by atoms with van der Waals surface area (Å²) in [6.07, 6.45) is -0.0630. The van der Waals surface area contributed by atoms with E-state index in [1.807, 2.05) is 0 Å². The number of aliphatic carboxylic acids is 2. The first kappa shape index (κ1) is 12.9. The van der Waals surface area contributed by atoms with Crippen LogP contribution in [0.25, 0.3) is 0 Å². The van der Waals surface area contributed by atoms with Crippen LogP contribution >= 0.6 is 0 Å². The molecule has 1 rings (SSSR count). The van der Waals surface area contributed by atoms with Gasteiger partial charge in [-0.05, 0) is 0 Å². The molecule has 1 heterocycles. The molecule has 0 aliphatic heterocycles. The summed E-state index contributed by atoms with van der Waals surface area (Å²) < 4.78 is 0. The predicted molar refractivity (Wildman–Crippen MR) is 52.9 cm³/mol. The maximum Gasteiger partial charge on any atom is 0.320 e. The highest BCUT2D eigenvalue weighted by Crippen LogP contribution is 1.95. The number of hydrogen-bond acceptors (Lipinski definition) is 7. The SMILES string of the molecule is NC(Cc1nnc(CCC(=O)O)nn1)C(=O)O. The molecule has 0 radical (unpaired) electrons. The highest BCUT2D eigenvalue weighted by atomic mass is 16.4. The summed E-state index contributed by atoms with van der Waals surface area (Å²) in [5.74, 6) is -1.83. The average molecular weight is 241 g/mol. The van der Waals surface area contributed by atoms with Crippen LogP contribution in [0, 0.1) is 0 Å².